The van der Waals surface area contributed by atoms with Crippen LogP contribution in [0.1, 0.15) is 24.4 Å². The van der Waals surface area contributed by atoms with E-state index in [1.54, 1.807) is 17.0 Å². The molecular weight excluding hydrogens is 306 g/mol. The van der Waals surface area contributed by atoms with Crippen LogP contribution in [0.25, 0.3) is 0 Å². The molecule has 0 saturated carbocycles. The highest BCUT2D eigenvalue weighted by Gasteiger charge is 2.33. The van der Waals surface area contributed by atoms with Crippen LogP contribution >= 0.6 is 0 Å². The molecule has 2 amide bonds. The number of nitrogens with one attached hydrogen (secondary N) is 1. The van der Waals surface area contributed by atoms with E-state index < -0.39 is 11.8 Å². The van der Waals surface area contributed by atoms with Crippen molar-refractivity contribution in [3.05, 3.63) is 54.2 Å². The predicted octanol–water partition coefficient (Wildman–Crippen LogP) is 2.39. The first-order valence-corrected chi connectivity index (χ1v) is 7.86. The second kappa shape index (κ2) is 7.12. The van der Waals surface area contributed by atoms with Crippen LogP contribution in [0.5, 0.6) is 5.88 Å². The van der Waals surface area contributed by atoms with Gasteiger partial charge in [0.1, 0.15) is 0 Å². The van der Waals surface area contributed by atoms with Crippen molar-refractivity contribution in [1.29, 1.82) is 0 Å². The van der Waals surface area contributed by atoms with Crippen molar-refractivity contribution in [3.63, 3.8) is 0 Å². The minimum absolute atomic E-state index is 0.0431. The van der Waals surface area contributed by atoms with Crippen molar-refractivity contribution in [2.45, 2.75) is 18.9 Å². The van der Waals surface area contributed by atoms with Crippen LogP contribution < -0.4 is 10.1 Å². The molecule has 0 aliphatic carbocycles. The van der Waals surface area contributed by atoms with Gasteiger partial charge >= 0.3 is 11.8 Å². The quantitative estimate of drug-likeness (QED) is 0.880. The molecule has 24 heavy (non-hydrogen) atoms. The number of aromatic nitrogens is 1. The summed E-state index contributed by atoms with van der Waals surface area (Å²) < 4.78 is 4.97. The van der Waals surface area contributed by atoms with Gasteiger partial charge in [0.05, 0.1) is 25.0 Å². The number of rotatable bonds is 3. The van der Waals surface area contributed by atoms with E-state index in [-0.39, 0.29) is 6.04 Å². The topological polar surface area (TPSA) is 71.5 Å². The molecule has 1 unspecified atom stereocenters. The molecule has 1 saturated heterocycles. The van der Waals surface area contributed by atoms with Crippen LogP contribution in [-0.4, -0.2) is 35.4 Å². The monoisotopic (exact) mass is 325 g/mol. The lowest BCUT2D eigenvalue weighted by Crippen LogP contribution is -2.39. The average molecular weight is 325 g/mol. The summed E-state index contributed by atoms with van der Waals surface area (Å²) in [5.74, 6) is -0.718. The number of hydrogen-bond acceptors (Lipinski definition) is 4. The van der Waals surface area contributed by atoms with E-state index in [4.69, 9.17) is 4.74 Å². The minimum atomic E-state index is -0.648. The first-order chi connectivity index (χ1) is 11.7. The maximum Gasteiger partial charge on any atom is 0.313 e. The van der Waals surface area contributed by atoms with Gasteiger partial charge in [-0.1, -0.05) is 30.3 Å². The highest BCUT2D eigenvalue weighted by molar-refractivity contribution is 6.39. The van der Waals surface area contributed by atoms with Crippen LogP contribution in [0.4, 0.5) is 5.69 Å². The highest BCUT2D eigenvalue weighted by Crippen LogP contribution is 2.31. The number of nitrogens with zero attached hydrogens (tertiary/aromatic N) is 2. The summed E-state index contributed by atoms with van der Waals surface area (Å²) in [6.07, 6.45) is 3.22. The van der Waals surface area contributed by atoms with Gasteiger partial charge in [0, 0.05) is 12.6 Å². The van der Waals surface area contributed by atoms with Gasteiger partial charge in [0.15, 0.2) is 0 Å². The van der Waals surface area contributed by atoms with Crippen LogP contribution in [-0.2, 0) is 9.59 Å². The summed E-state index contributed by atoms with van der Waals surface area (Å²) in [6.45, 7) is 0.590. The third kappa shape index (κ3) is 3.37. The third-order valence-electron chi connectivity index (χ3n) is 4.10. The normalized spacial score (nSPS) is 16.7. The largest absolute Gasteiger partial charge is 0.481 e. The summed E-state index contributed by atoms with van der Waals surface area (Å²) in [4.78, 5) is 30.4. The fraction of sp³-hybridized carbons (Fsp3) is 0.278. The summed E-state index contributed by atoms with van der Waals surface area (Å²) in [6, 6.07) is 13.0. The van der Waals surface area contributed by atoms with E-state index >= 15 is 0 Å². The third-order valence-corrected chi connectivity index (χ3v) is 4.10. The fourth-order valence-electron chi connectivity index (χ4n) is 2.92. The number of pyridine rings is 1. The van der Waals surface area contributed by atoms with Crippen molar-refractivity contribution in [2.75, 3.05) is 19.0 Å². The number of amides is 2. The number of methoxy groups -OCH3 is 1. The standard InChI is InChI=1S/C18H19N3O3/c1-24-16-10-9-14(12-19-16)20-17(22)18(23)21-11-5-8-15(21)13-6-3-2-4-7-13/h2-4,6-7,9-10,12,15H,5,8,11H2,1H3,(H,20,22). The average Bonchev–Trinajstić information content (AvgIpc) is 3.12. The van der Waals surface area contributed by atoms with Gasteiger partial charge in [0.2, 0.25) is 5.88 Å². The van der Waals surface area contributed by atoms with Gasteiger partial charge in [-0.15, -0.1) is 0 Å². The number of likely N-dealkylation sites (tertiary alicyclic amines) is 1. The molecule has 1 fully saturated rings. The van der Waals surface area contributed by atoms with Gasteiger partial charge in [-0.05, 0) is 24.5 Å². The Kier molecular flexibility index (Phi) is 4.74. The van der Waals surface area contributed by atoms with Gasteiger partial charge in [-0.3, -0.25) is 9.59 Å². The molecule has 3 rings (SSSR count). The van der Waals surface area contributed by atoms with Crippen molar-refractivity contribution in [1.82, 2.24) is 9.88 Å². The first-order valence-electron chi connectivity index (χ1n) is 7.86. The lowest BCUT2D eigenvalue weighted by molar-refractivity contribution is -0.143. The number of ether oxygens (including phenoxy) is 1. The molecule has 2 heterocycles. The highest BCUT2D eigenvalue weighted by atomic mass is 16.5. The molecule has 0 spiro atoms. The van der Waals surface area contributed by atoms with Gasteiger partial charge in [-0.2, -0.15) is 0 Å². The molecule has 0 radical (unpaired) electrons. The van der Waals surface area contributed by atoms with Crippen molar-refractivity contribution in [3.8, 4) is 5.88 Å². The van der Waals surface area contributed by atoms with Crippen molar-refractivity contribution in [2.24, 2.45) is 0 Å². The van der Waals surface area contributed by atoms with Crippen LogP contribution in [0, 0.1) is 0 Å². The SMILES string of the molecule is COc1ccc(NC(=O)C(=O)N2CCCC2c2ccccc2)cn1. The van der Waals surface area contributed by atoms with E-state index in [9.17, 15) is 9.59 Å². The molecule has 6 nitrogen and oxygen atoms in total. The Hall–Kier alpha value is -2.89. The van der Waals surface area contributed by atoms with Gasteiger partial charge in [-0.25, -0.2) is 4.98 Å². The summed E-state index contributed by atoms with van der Waals surface area (Å²) >= 11 is 0. The zero-order valence-electron chi connectivity index (χ0n) is 13.4. The maximum absolute atomic E-state index is 12.5. The summed E-state index contributed by atoms with van der Waals surface area (Å²) in [5.41, 5.74) is 1.52. The smallest absolute Gasteiger partial charge is 0.313 e. The maximum atomic E-state index is 12.5. The van der Waals surface area contributed by atoms with Gasteiger partial charge < -0.3 is 15.0 Å². The molecule has 1 N–H and O–H groups in total. The van der Waals surface area contributed by atoms with Crippen LogP contribution in [0.15, 0.2) is 48.7 Å². The molecule has 1 aliphatic rings. The van der Waals surface area contributed by atoms with E-state index in [2.05, 4.69) is 10.3 Å². The van der Waals surface area contributed by atoms with E-state index in [0.29, 0.717) is 18.1 Å². The zero-order valence-corrected chi connectivity index (χ0v) is 13.4. The van der Waals surface area contributed by atoms with Gasteiger partial charge in [0.25, 0.3) is 0 Å². The van der Waals surface area contributed by atoms with Crippen LogP contribution in [0.2, 0.25) is 0 Å². The molecule has 124 valence electrons. The number of hydrogen-bond donors (Lipinski definition) is 1. The second-order valence-corrected chi connectivity index (χ2v) is 5.61. The summed E-state index contributed by atoms with van der Waals surface area (Å²) in [7, 11) is 1.52. The molecule has 6 heteroatoms. The Labute approximate surface area is 140 Å². The number of carbonyl (C=O) groups is 2. The number of carbonyl (C=O) groups excluding carboxylic acids is 2. The number of anilines is 1. The molecule has 1 aromatic carbocycles. The second-order valence-electron chi connectivity index (χ2n) is 5.61. The van der Waals surface area contributed by atoms with Crippen LogP contribution in [0.3, 0.4) is 0 Å². The lowest BCUT2D eigenvalue weighted by Gasteiger charge is -2.24. The Morgan fingerprint density at radius 3 is 2.67 bits per heavy atom. The Morgan fingerprint density at radius 2 is 2.00 bits per heavy atom. The molecular formula is C18H19N3O3. The Bertz CT molecular complexity index is 716. The summed E-state index contributed by atoms with van der Waals surface area (Å²) in [5, 5.41) is 2.59. The Morgan fingerprint density at radius 1 is 1.21 bits per heavy atom. The van der Waals surface area contributed by atoms with E-state index in [1.807, 2.05) is 30.3 Å². The van der Waals surface area contributed by atoms with E-state index in [0.717, 1.165) is 18.4 Å². The minimum Gasteiger partial charge on any atom is -0.481 e. The first kappa shape index (κ1) is 16.0. The van der Waals surface area contributed by atoms with Crippen molar-refractivity contribution < 1.29 is 14.3 Å². The van der Waals surface area contributed by atoms with Crippen molar-refractivity contribution >= 4 is 17.5 Å². The molecule has 1 aliphatic heterocycles. The predicted molar refractivity (Wildman–Crippen MR) is 89.5 cm³/mol. The fourth-order valence-corrected chi connectivity index (χ4v) is 2.92. The molecule has 0 bridgehead atoms. The number of benzene rings is 1. The Balaban J connectivity index is 1.69. The molecule has 1 atom stereocenters. The lowest BCUT2D eigenvalue weighted by atomic mass is 10.0. The molecule has 1 aromatic heterocycles. The van der Waals surface area contributed by atoms with E-state index in [1.165, 1.54) is 13.3 Å². The zero-order chi connectivity index (χ0) is 16.9. The molecule has 2 aromatic rings.